The number of thiocarbonyl (C=S) groups is 1. The Morgan fingerprint density at radius 3 is 2.74 bits per heavy atom. The second-order valence-electron chi connectivity index (χ2n) is 6.77. The molecule has 0 radical (unpaired) electrons. The first-order valence-electron chi connectivity index (χ1n) is 9.19. The Morgan fingerprint density at radius 1 is 1.26 bits per heavy atom. The van der Waals surface area contributed by atoms with Gasteiger partial charge in [-0.25, -0.2) is 0 Å². The van der Waals surface area contributed by atoms with E-state index in [0.29, 0.717) is 18.1 Å². The number of aryl methyl sites for hydroxylation is 1. The third-order valence-corrected chi connectivity index (χ3v) is 4.67. The minimum atomic E-state index is 0.0512. The molecule has 0 saturated carbocycles. The number of ether oxygens (including phenoxy) is 1. The first kappa shape index (κ1) is 19.2. The molecule has 142 valence electrons. The molecule has 1 aliphatic rings. The standard InChI is InChI=1S/C21H25N3O2S/c1-15-10-11-17(13-19(15)24-12-6-9-20(24)25)23-21(27)22-16(2)14-26-18-7-4-3-5-8-18/h3-5,7-8,10-11,13,16H,6,9,12,14H2,1-2H3,(H2,22,23,27)/t16-/m0/s1. The Morgan fingerprint density at radius 2 is 2.04 bits per heavy atom. The van der Waals surface area contributed by atoms with Crippen LogP contribution in [-0.2, 0) is 4.79 Å². The molecular weight excluding hydrogens is 358 g/mol. The van der Waals surface area contributed by atoms with Gasteiger partial charge in [0.25, 0.3) is 0 Å². The van der Waals surface area contributed by atoms with E-state index in [1.165, 1.54) is 0 Å². The normalized spacial score (nSPS) is 14.7. The molecule has 5 nitrogen and oxygen atoms in total. The highest BCUT2D eigenvalue weighted by molar-refractivity contribution is 7.80. The molecule has 1 atom stereocenters. The maximum atomic E-state index is 12.0. The van der Waals surface area contributed by atoms with Crippen molar-refractivity contribution in [2.75, 3.05) is 23.4 Å². The molecule has 2 aromatic rings. The molecule has 2 N–H and O–H groups in total. The molecule has 0 aliphatic carbocycles. The zero-order chi connectivity index (χ0) is 19.2. The third-order valence-electron chi connectivity index (χ3n) is 4.45. The zero-order valence-corrected chi connectivity index (χ0v) is 16.5. The Labute approximate surface area is 165 Å². The molecule has 0 unspecified atom stereocenters. The number of benzene rings is 2. The van der Waals surface area contributed by atoms with Gasteiger partial charge >= 0.3 is 0 Å². The Hall–Kier alpha value is -2.60. The lowest BCUT2D eigenvalue weighted by molar-refractivity contribution is -0.117. The summed E-state index contributed by atoms with van der Waals surface area (Å²) in [4.78, 5) is 13.9. The number of rotatable bonds is 6. The number of para-hydroxylation sites is 1. The molecule has 1 fully saturated rings. The van der Waals surface area contributed by atoms with Crippen LogP contribution in [0.4, 0.5) is 11.4 Å². The zero-order valence-electron chi connectivity index (χ0n) is 15.7. The van der Waals surface area contributed by atoms with Crippen LogP contribution < -0.4 is 20.3 Å². The van der Waals surface area contributed by atoms with Crippen LogP contribution in [0, 0.1) is 6.92 Å². The van der Waals surface area contributed by atoms with E-state index in [4.69, 9.17) is 17.0 Å². The lowest BCUT2D eigenvalue weighted by Crippen LogP contribution is -2.39. The van der Waals surface area contributed by atoms with E-state index in [0.717, 1.165) is 35.7 Å². The quantitative estimate of drug-likeness (QED) is 0.742. The lowest BCUT2D eigenvalue weighted by atomic mass is 10.1. The summed E-state index contributed by atoms with van der Waals surface area (Å²) in [5, 5.41) is 6.96. The molecule has 0 aromatic heterocycles. The van der Waals surface area contributed by atoms with Crippen LogP contribution >= 0.6 is 12.2 Å². The number of anilines is 2. The van der Waals surface area contributed by atoms with Crippen molar-refractivity contribution >= 4 is 34.6 Å². The largest absolute Gasteiger partial charge is 0.491 e. The van der Waals surface area contributed by atoms with E-state index >= 15 is 0 Å². The molecule has 0 bridgehead atoms. The number of nitrogens with one attached hydrogen (secondary N) is 2. The third kappa shape index (κ3) is 5.20. The predicted octanol–water partition coefficient (Wildman–Crippen LogP) is 3.88. The molecule has 2 aromatic carbocycles. The Kier molecular flexibility index (Phi) is 6.29. The Balaban J connectivity index is 1.55. The summed E-state index contributed by atoms with van der Waals surface area (Å²) in [6, 6.07) is 15.7. The van der Waals surface area contributed by atoms with Crippen molar-refractivity contribution in [2.45, 2.75) is 32.7 Å². The van der Waals surface area contributed by atoms with Crippen LogP contribution in [0.5, 0.6) is 5.75 Å². The van der Waals surface area contributed by atoms with Gasteiger partial charge in [-0.05, 0) is 62.3 Å². The first-order chi connectivity index (χ1) is 13.0. The topological polar surface area (TPSA) is 53.6 Å². The smallest absolute Gasteiger partial charge is 0.227 e. The van der Waals surface area contributed by atoms with Crippen molar-refractivity contribution in [3.63, 3.8) is 0 Å². The van der Waals surface area contributed by atoms with E-state index in [1.54, 1.807) is 0 Å². The van der Waals surface area contributed by atoms with Gasteiger partial charge < -0.3 is 20.3 Å². The van der Waals surface area contributed by atoms with Crippen molar-refractivity contribution in [2.24, 2.45) is 0 Å². The van der Waals surface area contributed by atoms with Gasteiger partial charge in [-0.3, -0.25) is 4.79 Å². The summed E-state index contributed by atoms with van der Waals surface area (Å²) >= 11 is 5.42. The molecule has 1 saturated heterocycles. The Bertz CT molecular complexity index is 810. The van der Waals surface area contributed by atoms with Gasteiger partial charge in [-0.2, -0.15) is 0 Å². The van der Waals surface area contributed by atoms with Crippen molar-refractivity contribution in [3.8, 4) is 5.75 Å². The van der Waals surface area contributed by atoms with E-state index < -0.39 is 0 Å². The predicted molar refractivity (Wildman–Crippen MR) is 114 cm³/mol. The van der Waals surface area contributed by atoms with Crippen LogP contribution in [-0.4, -0.2) is 30.2 Å². The van der Waals surface area contributed by atoms with Crippen LogP contribution in [0.25, 0.3) is 0 Å². The maximum absolute atomic E-state index is 12.0. The van der Waals surface area contributed by atoms with Crippen molar-refractivity contribution in [1.29, 1.82) is 0 Å². The average Bonchev–Trinajstić information content (AvgIpc) is 3.08. The summed E-state index contributed by atoms with van der Waals surface area (Å²) < 4.78 is 5.74. The molecule has 1 heterocycles. The fourth-order valence-corrected chi connectivity index (χ4v) is 3.37. The van der Waals surface area contributed by atoms with Crippen molar-refractivity contribution in [3.05, 3.63) is 54.1 Å². The fourth-order valence-electron chi connectivity index (χ4n) is 3.05. The van der Waals surface area contributed by atoms with Gasteiger partial charge in [0, 0.05) is 24.3 Å². The van der Waals surface area contributed by atoms with Gasteiger partial charge in [0.15, 0.2) is 5.11 Å². The summed E-state index contributed by atoms with van der Waals surface area (Å²) in [6.45, 7) is 5.32. The van der Waals surface area contributed by atoms with Crippen molar-refractivity contribution in [1.82, 2.24) is 5.32 Å². The number of hydrogen-bond donors (Lipinski definition) is 2. The van der Waals surface area contributed by atoms with E-state index in [1.807, 2.05) is 67.3 Å². The maximum Gasteiger partial charge on any atom is 0.227 e. The monoisotopic (exact) mass is 383 g/mol. The summed E-state index contributed by atoms with van der Waals surface area (Å²) in [7, 11) is 0. The number of hydrogen-bond acceptors (Lipinski definition) is 3. The molecule has 3 rings (SSSR count). The van der Waals surface area contributed by atoms with Crippen LogP contribution in [0.2, 0.25) is 0 Å². The number of carbonyl (C=O) groups excluding carboxylic acids is 1. The number of amides is 1. The highest BCUT2D eigenvalue weighted by Crippen LogP contribution is 2.28. The SMILES string of the molecule is Cc1ccc(NC(=S)N[C@@H](C)COc2ccccc2)cc1N1CCCC1=O. The minimum absolute atomic E-state index is 0.0512. The molecule has 1 amide bonds. The molecule has 1 aliphatic heterocycles. The minimum Gasteiger partial charge on any atom is -0.491 e. The fraction of sp³-hybridized carbons (Fsp3) is 0.333. The summed E-state index contributed by atoms with van der Waals surface area (Å²) in [6.07, 6.45) is 1.53. The highest BCUT2D eigenvalue weighted by atomic mass is 32.1. The second kappa shape index (κ2) is 8.86. The van der Waals surface area contributed by atoms with Gasteiger partial charge in [0.2, 0.25) is 5.91 Å². The second-order valence-corrected chi connectivity index (χ2v) is 7.18. The highest BCUT2D eigenvalue weighted by Gasteiger charge is 2.23. The molecule has 0 spiro atoms. The first-order valence-corrected chi connectivity index (χ1v) is 9.60. The average molecular weight is 384 g/mol. The summed E-state index contributed by atoms with van der Waals surface area (Å²) in [5.74, 6) is 1.02. The van der Waals surface area contributed by atoms with E-state index in [9.17, 15) is 4.79 Å². The molecule has 6 heteroatoms. The van der Waals surface area contributed by atoms with E-state index in [-0.39, 0.29) is 11.9 Å². The van der Waals surface area contributed by atoms with Gasteiger partial charge in [0.1, 0.15) is 12.4 Å². The van der Waals surface area contributed by atoms with E-state index in [2.05, 4.69) is 10.6 Å². The summed E-state index contributed by atoms with van der Waals surface area (Å²) in [5.41, 5.74) is 2.90. The lowest BCUT2D eigenvalue weighted by Gasteiger charge is -2.21. The van der Waals surface area contributed by atoms with Crippen LogP contribution in [0.3, 0.4) is 0 Å². The van der Waals surface area contributed by atoms with Crippen molar-refractivity contribution < 1.29 is 9.53 Å². The van der Waals surface area contributed by atoms with Gasteiger partial charge in [-0.1, -0.05) is 24.3 Å². The van der Waals surface area contributed by atoms with Gasteiger partial charge in [-0.15, -0.1) is 0 Å². The molecule has 27 heavy (non-hydrogen) atoms. The number of carbonyl (C=O) groups is 1. The molecular formula is C21H25N3O2S. The van der Waals surface area contributed by atoms with Crippen LogP contribution in [0.15, 0.2) is 48.5 Å². The number of nitrogens with zero attached hydrogens (tertiary/aromatic N) is 1. The van der Waals surface area contributed by atoms with Gasteiger partial charge in [0.05, 0.1) is 6.04 Å². The van der Waals surface area contributed by atoms with Crippen LogP contribution in [0.1, 0.15) is 25.3 Å².